The summed E-state index contributed by atoms with van der Waals surface area (Å²) < 4.78 is 10.6. The number of rotatable bonds is 5. The third-order valence-electron chi connectivity index (χ3n) is 4.14. The third kappa shape index (κ3) is 3.68. The first-order valence-corrected chi connectivity index (χ1v) is 7.61. The van der Waals surface area contributed by atoms with Gasteiger partial charge in [0.15, 0.2) is 6.79 Å². The van der Waals surface area contributed by atoms with E-state index in [-0.39, 0.29) is 25.0 Å². The van der Waals surface area contributed by atoms with E-state index in [4.69, 9.17) is 9.47 Å². The molecular weight excluding hydrogens is 300 g/mol. The van der Waals surface area contributed by atoms with Crippen molar-refractivity contribution in [3.05, 3.63) is 39.4 Å². The van der Waals surface area contributed by atoms with E-state index in [1.54, 1.807) is 6.08 Å². The summed E-state index contributed by atoms with van der Waals surface area (Å²) in [6, 6.07) is 2.84. The number of nitro groups is 1. The van der Waals surface area contributed by atoms with Crippen LogP contribution in [0.4, 0.5) is 5.69 Å². The summed E-state index contributed by atoms with van der Waals surface area (Å²) in [6.45, 7) is 1.03. The minimum atomic E-state index is -0.469. The molecule has 0 atom stereocenters. The van der Waals surface area contributed by atoms with E-state index in [1.165, 1.54) is 24.6 Å². The van der Waals surface area contributed by atoms with Crippen LogP contribution in [-0.2, 0) is 16.1 Å². The second-order valence-corrected chi connectivity index (χ2v) is 5.77. The predicted molar refractivity (Wildman–Crippen MR) is 82.8 cm³/mol. The maximum absolute atomic E-state index is 11.9. The van der Waals surface area contributed by atoms with E-state index in [0.717, 1.165) is 12.8 Å². The average Bonchev–Trinajstić information content (AvgIpc) is 2.50. The van der Waals surface area contributed by atoms with E-state index in [2.05, 4.69) is 5.32 Å². The first-order valence-electron chi connectivity index (χ1n) is 7.61. The molecule has 0 radical (unpaired) electrons. The SMILES string of the molecule is O=C(/C=C/c1cc([N+](=O)[O-])cc2c1OCOC2)NCC1CCC1. The van der Waals surface area contributed by atoms with Gasteiger partial charge < -0.3 is 14.8 Å². The molecule has 1 aliphatic carbocycles. The molecule has 0 spiro atoms. The van der Waals surface area contributed by atoms with Crippen molar-refractivity contribution in [3.63, 3.8) is 0 Å². The maximum Gasteiger partial charge on any atom is 0.270 e. The van der Waals surface area contributed by atoms with E-state index >= 15 is 0 Å². The summed E-state index contributed by atoms with van der Waals surface area (Å²) in [5.74, 6) is 0.910. The molecule has 2 aliphatic rings. The van der Waals surface area contributed by atoms with Crippen molar-refractivity contribution in [1.29, 1.82) is 0 Å². The Bertz CT molecular complexity index is 652. The molecule has 1 N–H and O–H groups in total. The fraction of sp³-hybridized carbons (Fsp3) is 0.438. The molecule has 23 heavy (non-hydrogen) atoms. The molecule has 1 saturated carbocycles. The van der Waals surface area contributed by atoms with Crippen molar-refractivity contribution >= 4 is 17.7 Å². The Balaban J connectivity index is 1.74. The minimum absolute atomic E-state index is 0.0487. The molecule has 0 unspecified atom stereocenters. The van der Waals surface area contributed by atoms with Gasteiger partial charge in [0, 0.05) is 35.9 Å². The number of non-ortho nitro benzene ring substituents is 1. The van der Waals surface area contributed by atoms with Crippen LogP contribution in [0.3, 0.4) is 0 Å². The number of nitrogens with zero attached hydrogens (tertiary/aromatic N) is 1. The molecule has 1 aliphatic heterocycles. The maximum atomic E-state index is 11.9. The summed E-state index contributed by atoms with van der Waals surface area (Å²) >= 11 is 0. The summed E-state index contributed by atoms with van der Waals surface area (Å²) in [5.41, 5.74) is 1.07. The molecule has 1 aromatic carbocycles. The highest BCUT2D eigenvalue weighted by Crippen LogP contribution is 2.33. The van der Waals surface area contributed by atoms with Crippen LogP contribution in [0.25, 0.3) is 6.08 Å². The zero-order valence-corrected chi connectivity index (χ0v) is 12.6. The standard InChI is InChI=1S/C16H18N2O5/c19-15(17-8-11-2-1-3-11)5-4-12-6-14(18(20)21)7-13-9-22-10-23-16(12)13/h4-7,11H,1-3,8-10H2,(H,17,19)/b5-4+. The highest BCUT2D eigenvalue weighted by Gasteiger charge is 2.20. The first kappa shape index (κ1) is 15.5. The highest BCUT2D eigenvalue weighted by molar-refractivity contribution is 5.92. The van der Waals surface area contributed by atoms with Gasteiger partial charge in [0.1, 0.15) is 5.75 Å². The van der Waals surface area contributed by atoms with Crippen LogP contribution in [0.15, 0.2) is 18.2 Å². The van der Waals surface area contributed by atoms with Crippen LogP contribution >= 0.6 is 0 Å². The molecule has 122 valence electrons. The number of fused-ring (bicyclic) bond motifs is 1. The Hall–Kier alpha value is -2.41. The molecule has 7 nitrogen and oxygen atoms in total. The molecule has 1 amide bonds. The molecule has 0 bridgehead atoms. The van der Waals surface area contributed by atoms with Gasteiger partial charge in [0.25, 0.3) is 5.69 Å². The Labute approximate surface area is 133 Å². The Morgan fingerprint density at radius 2 is 2.26 bits per heavy atom. The number of hydrogen-bond donors (Lipinski definition) is 1. The Morgan fingerprint density at radius 1 is 1.43 bits per heavy atom. The monoisotopic (exact) mass is 318 g/mol. The number of carbonyl (C=O) groups excluding carboxylic acids is 1. The minimum Gasteiger partial charge on any atom is -0.467 e. The van der Waals surface area contributed by atoms with Gasteiger partial charge in [-0.1, -0.05) is 6.42 Å². The fourth-order valence-electron chi connectivity index (χ4n) is 2.63. The third-order valence-corrected chi connectivity index (χ3v) is 4.14. The van der Waals surface area contributed by atoms with Crippen molar-refractivity contribution in [2.45, 2.75) is 25.9 Å². The lowest BCUT2D eigenvalue weighted by Gasteiger charge is -2.25. The normalized spacial score (nSPS) is 17.2. The summed E-state index contributed by atoms with van der Waals surface area (Å²) in [7, 11) is 0. The van der Waals surface area contributed by atoms with Crippen molar-refractivity contribution < 1.29 is 19.2 Å². The van der Waals surface area contributed by atoms with E-state index in [9.17, 15) is 14.9 Å². The largest absolute Gasteiger partial charge is 0.467 e. The number of nitro benzene ring substituents is 1. The van der Waals surface area contributed by atoms with Crippen molar-refractivity contribution in [3.8, 4) is 5.75 Å². The molecule has 7 heteroatoms. The number of benzene rings is 1. The van der Waals surface area contributed by atoms with Gasteiger partial charge in [0.2, 0.25) is 5.91 Å². The van der Waals surface area contributed by atoms with Crippen molar-refractivity contribution in [1.82, 2.24) is 5.32 Å². The van der Waals surface area contributed by atoms with Crippen LogP contribution in [0.1, 0.15) is 30.4 Å². The molecule has 1 fully saturated rings. The average molecular weight is 318 g/mol. The molecule has 1 aromatic rings. The zero-order valence-electron chi connectivity index (χ0n) is 12.6. The van der Waals surface area contributed by atoms with E-state index in [0.29, 0.717) is 29.3 Å². The molecule has 1 heterocycles. The van der Waals surface area contributed by atoms with Crippen LogP contribution in [-0.4, -0.2) is 24.2 Å². The topological polar surface area (TPSA) is 90.7 Å². The van der Waals surface area contributed by atoms with Gasteiger partial charge in [-0.05, 0) is 24.8 Å². The number of carbonyl (C=O) groups is 1. The smallest absolute Gasteiger partial charge is 0.270 e. The lowest BCUT2D eigenvalue weighted by Crippen LogP contribution is -2.30. The second kappa shape index (κ2) is 6.78. The number of nitrogens with one attached hydrogen (secondary N) is 1. The summed E-state index contributed by atoms with van der Waals surface area (Å²) in [5, 5.41) is 13.9. The number of hydrogen-bond acceptors (Lipinski definition) is 5. The highest BCUT2D eigenvalue weighted by atomic mass is 16.7. The van der Waals surface area contributed by atoms with E-state index in [1.807, 2.05) is 0 Å². The number of amides is 1. The van der Waals surface area contributed by atoms with Gasteiger partial charge in [-0.3, -0.25) is 14.9 Å². The first-order chi connectivity index (χ1) is 11.1. The molecule has 3 rings (SSSR count). The molecule has 0 aromatic heterocycles. The van der Waals surface area contributed by atoms with Gasteiger partial charge in [-0.15, -0.1) is 0 Å². The number of ether oxygens (including phenoxy) is 2. The van der Waals surface area contributed by atoms with Crippen LogP contribution in [0, 0.1) is 16.0 Å². The van der Waals surface area contributed by atoms with Crippen LogP contribution in [0.2, 0.25) is 0 Å². The van der Waals surface area contributed by atoms with Crippen LogP contribution < -0.4 is 10.1 Å². The zero-order chi connectivity index (χ0) is 16.2. The van der Waals surface area contributed by atoms with E-state index < -0.39 is 4.92 Å². The fourth-order valence-corrected chi connectivity index (χ4v) is 2.63. The quantitative estimate of drug-likeness (QED) is 0.511. The Morgan fingerprint density at radius 3 is 2.96 bits per heavy atom. The summed E-state index contributed by atoms with van der Waals surface area (Å²) in [6.07, 6.45) is 6.49. The second-order valence-electron chi connectivity index (χ2n) is 5.77. The predicted octanol–water partition coefficient (Wildman–Crippen LogP) is 2.39. The lowest BCUT2D eigenvalue weighted by atomic mass is 9.85. The van der Waals surface area contributed by atoms with Gasteiger partial charge >= 0.3 is 0 Å². The Kier molecular flexibility index (Phi) is 4.57. The van der Waals surface area contributed by atoms with Crippen LogP contribution in [0.5, 0.6) is 5.75 Å². The van der Waals surface area contributed by atoms with Gasteiger partial charge in [-0.2, -0.15) is 0 Å². The van der Waals surface area contributed by atoms with Crippen molar-refractivity contribution in [2.75, 3.05) is 13.3 Å². The van der Waals surface area contributed by atoms with Gasteiger partial charge in [-0.25, -0.2) is 0 Å². The van der Waals surface area contributed by atoms with Crippen molar-refractivity contribution in [2.24, 2.45) is 5.92 Å². The van der Waals surface area contributed by atoms with Gasteiger partial charge in [0.05, 0.1) is 11.5 Å². The lowest BCUT2D eigenvalue weighted by molar-refractivity contribution is -0.385. The summed E-state index contributed by atoms with van der Waals surface area (Å²) in [4.78, 5) is 22.4. The molecular formula is C16H18N2O5. The molecule has 0 saturated heterocycles.